The van der Waals surface area contributed by atoms with Crippen molar-refractivity contribution in [2.24, 2.45) is 0 Å². The number of ether oxygens (including phenoxy) is 1. The second-order valence-corrected chi connectivity index (χ2v) is 10.0. The van der Waals surface area contributed by atoms with Crippen LogP contribution in [0, 0.1) is 5.82 Å². The van der Waals surface area contributed by atoms with Crippen LogP contribution < -0.4 is 9.46 Å². The summed E-state index contributed by atoms with van der Waals surface area (Å²) in [4.78, 5) is 6.66. The number of hydrogen-bond acceptors (Lipinski definition) is 6. The first-order valence-corrected chi connectivity index (χ1v) is 11.7. The fraction of sp³-hybridized carbons (Fsp3) is 0.350. The molecule has 0 unspecified atom stereocenters. The third-order valence-corrected chi connectivity index (χ3v) is 7.17. The number of halogens is 4. The summed E-state index contributed by atoms with van der Waals surface area (Å²) in [6.07, 6.45) is 4.67. The first-order chi connectivity index (χ1) is 15.5. The van der Waals surface area contributed by atoms with E-state index in [4.69, 9.17) is 16.3 Å². The van der Waals surface area contributed by atoms with Gasteiger partial charge in [0.1, 0.15) is 34.2 Å². The van der Waals surface area contributed by atoms with Crippen molar-refractivity contribution in [2.45, 2.75) is 48.5 Å². The SMILES string of the molecule is C[C@@]1(Oc2cc(F)c(S(=O)(=O)Nc3ccncn3)cc2Cl)CC(F)(F)CC[C@@H]1c1cn[nH]c1. The van der Waals surface area contributed by atoms with E-state index in [0.717, 1.165) is 18.5 Å². The number of nitrogens with one attached hydrogen (secondary N) is 2. The molecule has 8 nitrogen and oxygen atoms in total. The maximum Gasteiger partial charge on any atom is 0.266 e. The van der Waals surface area contributed by atoms with E-state index < -0.39 is 44.6 Å². The van der Waals surface area contributed by atoms with Crippen molar-refractivity contribution >= 4 is 27.4 Å². The van der Waals surface area contributed by atoms with Gasteiger partial charge in [-0.05, 0) is 31.0 Å². The summed E-state index contributed by atoms with van der Waals surface area (Å²) in [5.74, 6) is -4.95. The number of alkyl halides is 2. The van der Waals surface area contributed by atoms with Crippen LogP contribution in [0.1, 0.15) is 37.7 Å². The Morgan fingerprint density at radius 3 is 2.79 bits per heavy atom. The van der Waals surface area contributed by atoms with Crippen LogP contribution in [0.5, 0.6) is 5.75 Å². The Bertz CT molecular complexity index is 1250. The van der Waals surface area contributed by atoms with Crippen molar-refractivity contribution in [1.29, 1.82) is 0 Å². The van der Waals surface area contributed by atoms with Crippen LogP contribution in [0.25, 0.3) is 0 Å². The van der Waals surface area contributed by atoms with Gasteiger partial charge in [0.15, 0.2) is 0 Å². The highest BCUT2D eigenvalue weighted by molar-refractivity contribution is 7.92. The molecule has 0 radical (unpaired) electrons. The van der Waals surface area contributed by atoms with Gasteiger partial charge in [0.25, 0.3) is 15.9 Å². The number of rotatable bonds is 6. The third kappa shape index (κ3) is 4.91. The van der Waals surface area contributed by atoms with E-state index in [1.807, 2.05) is 0 Å². The summed E-state index contributed by atoms with van der Waals surface area (Å²) in [6, 6.07) is 2.93. The first kappa shape index (κ1) is 23.3. The van der Waals surface area contributed by atoms with Crippen LogP contribution in [0.15, 0.2) is 48.0 Å². The molecule has 0 saturated heterocycles. The molecule has 1 aliphatic carbocycles. The summed E-state index contributed by atoms with van der Waals surface area (Å²) >= 11 is 6.22. The molecule has 1 fully saturated rings. The summed E-state index contributed by atoms with van der Waals surface area (Å²) < 4.78 is 76.7. The minimum atomic E-state index is -4.38. The fourth-order valence-corrected chi connectivity index (χ4v) is 5.41. The molecule has 2 atom stereocenters. The number of hydrogen-bond donors (Lipinski definition) is 2. The van der Waals surface area contributed by atoms with E-state index in [1.165, 1.54) is 25.4 Å². The summed E-state index contributed by atoms with van der Waals surface area (Å²) in [5.41, 5.74) is -0.792. The Hall–Kier alpha value is -2.86. The Morgan fingerprint density at radius 2 is 2.12 bits per heavy atom. The zero-order valence-electron chi connectivity index (χ0n) is 17.2. The van der Waals surface area contributed by atoms with Gasteiger partial charge in [-0.15, -0.1) is 0 Å². The van der Waals surface area contributed by atoms with Crippen molar-refractivity contribution in [2.75, 3.05) is 4.72 Å². The lowest BCUT2D eigenvalue weighted by molar-refractivity contribution is -0.116. The van der Waals surface area contributed by atoms with E-state index >= 15 is 0 Å². The van der Waals surface area contributed by atoms with Gasteiger partial charge in [-0.1, -0.05) is 11.6 Å². The molecule has 0 bridgehead atoms. The first-order valence-electron chi connectivity index (χ1n) is 9.82. The maximum absolute atomic E-state index is 14.9. The van der Waals surface area contributed by atoms with Crippen molar-refractivity contribution in [3.05, 3.63) is 59.5 Å². The van der Waals surface area contributed by atoms with Crippen LogP contribution in [0.3, 0.4) is 0 Å². The van der Waals surface area contributed by atoms with E-state index in [9.17, 15) is 21.6 Å². The third-order valence-electron chi connectivity index (χ3n) is 5.51. The Balaban J connectivity index is 1.66. The molecule has 33 heavy (non-hydrogen) atoms. The van der Waals surface area contributed by atoms with Gasteiger partial charge in [0.2, 0.25) is 0 Å². The Morgan fingerprint density at radius 1 is 1.33 bits per heavy atom. The van der Waals surface area contributed by atoms with Crippen molar-refractivity contribution in [1.82, 2.24) is 20.2 Å². The molecule has 2 aromatic heterocycles. The molecule has 0 spiro atoms. The van der Waals surface area contributed by atoms with Crippen LogP contribution in [0.2, 0.25) is 5.02 Å². The highest BCUT2D eigenvalue weighted by Crippen LogP contribution is 2.50. The minimum Gasteiger partial charge on any atom is -0.485 e. The molecule has 13 heteroatoms. The molecule has 176 valence electrons. The topological polar surface area (TPSA) is 110 Å². The monoisotopic (exact) mass is 501 g/mol. The smallest absolute Gasteiger partial charge is 0.266 e. The lowest BCUT2D eigenvalue weighted by atomic mass is 9.72. The number of sulfonamides is 1. The predicted octanol–water partition coefficient (Wildman–Crippen LogP) is 4.53. The normalized spacial score (nSPS) is 22.6. The molecular formula is C20H19ClF3N5O3S. The molecule has 1 aliphatic rings. The van der Waals surface area contributed by atoms with Crippen LogP contribution >= 0.6 is 11.6 Å². The molecule has 4 rings (SSSR count). The molecule has 1 aromatic carbocycles. The highest BCUT2D eigenvalue weighted by Gasteiger charge is 2.51. The quantitative estimate of drug-likeness (QED) is 0.513. The van der Waals surface area contributed by atoms with Gasteiger partial charge in [-0.2, -0.15) is 5.10 Å². The second kappa shape index (κ2) is 8.49. The standard InChI is InChI=1S/C20H19ClF3N5O3S/c1-19(10-20(23,24)4-2-13(19)12-8-27-28-9-12)32-16-7-15(22)17(6-14(16)21)33(30,31)29-18-3-5-25-11-26-18/h3,5-9,11,13H,2,4,10H2,1H3,(H,27,28)(H,25,26,29)/t13-,19-/m1/s1. The van der Waals surface area contributed by atoms with Crippen LogP contribution in [0.4, 0.5) is 19.0 Å². The lowest BCUT2D eigenvalue weighted by Gasteiger charge is -2.44. The van der Waals surface area contributed by atoms with Crippen LogP contribution in [-0.4, -0.2) is 40.1 Å². The van der Waals surface area contributed by atoms with Gasteiger partial charge in [0, 0.05) is 30.8 Å². The molecule has 2 heterocycles. The zero-order chi connectivity index (χ0) is 23.9. The number of nitrogens with zero attached hydrogens (tertiary/aromatic N) is 3. The van der Waals surface area contributed by atoms with Crippen LogP contribution in [-0.2, 0) is 10.0 Å². The van der Waals surface area contributed by atoms with Gasteiger partial charge < -0.3 is 4.74 Å². The number of aromatic nitrogens is 4. The second-order valence-electron chi connectivity index (χ2n) is 7.98. The Labute approximate surface area is 192 Å². The van der Waals surface area contributed by atoms with E-state index in [0.29, 0.717) is 5.56 Å². The number of aromatic amines is 1. The summed E-state index contributed by atoms with van der Waals surface area (Å²) in [7, 11) is -4.38. The Kier molecular flexibility index (Phi) is 5.99. The number of anilines is 1. The van der Waals surface area contributed by atoms with Gasteiger partial charge >= 0.3 is 0 Å². The predicted molar refractivity (Wildman–Crippen MR) is 113 cm³/mol. The van der Waals surface area contributed by atoms with Gasteiger partial charge in [-0.25, -0.2) is 31.6 Å². The molecular weight excluding hydrogens is 483 g/mol. The maximum atomic E-state index is 14.9. The molecule has 0 aliphatic heterocycles. The molecule has 2 N–H and O–H groups in total. The largest absolute Gasteiger partial charge is 0.485 e. The van der Waals surface area contributed by atoms with Gasteiger partial charge in [0.05, 0.1) is 17.6 Å². The lowest BCUT2D eigenvalue weighted by Crippen LogP contribution is -2.48. The van der Waals surface area contributed by atoms with Crippen molar-refractivity contribution < 1.29 is 26.3 Å². The number of H-pyrrole nitrogens is 1. The van der Waals surface area contributed by atoms with E-state index in [1.54, 1.807) is 6.20 Å². The van der Waals surface area contributed by atoms with Crippen molar-refractivity contribution in [3.63, 3.8) is 0 Å². The summed E-state index contributed by atoms with van der Waals surface area (Å²) in [6.45, 7) is 1.49. The minimum absolute atomic E-state index is 0.0687. The number of benzene rings is 1. The zero-order valence-corrected chi connectivity index (χ0v) is 18.8. The van der Waals surface area contributed by atoms with E-state index in [-0.39, 0.29) is 29.4 Å². The highest BCUT2D eigenvalue weighted by atomic mass is 35.5. The molecule has 1 saturated carbocycles. The van der Waals surface area contributed by atoms with Gasteiger partial charge in [-0.3, -0.25) is 9.82 Å². The average molecular weight is 502 g/mol. The molecule has 0 amide bonds. The fourth-order valence-electron chi connectivity index (χ4n) is 4.05. The van der Waals surface area contributed by atoms with E-state index in [2.05, 4.69) is 24.9 Å². The average Bonchev–Trinajstić information content (AvgIpc) is 3.24. The summed E-state index contributed by atoms with van der Waals surface area (Å²) in [5, 5.41) is 6.28. The van der Waals surface area contributed by atoms with Crippen molar-refractivity contribution in [3.8, 4) is 5.75 Å². The molecule has 3 aromatic rings.